The van der Waals surface area contributed by atoms with Crippen LogP contribution in [-0.4, -0.2) is 21.6 Å². The summed E-state index contributed by atoms with van der Waals surface area (Å²) >= 11 is 0. The van der Waals surface area contributed by atoms with Crippen LogP contribution >= 0.6 is 0 Å². The van der Waals surface area contributed by atoms with Gasteiger partial charge in [-0.05, 0) is 25.5 Å². The fourth-order valence-corrected chi connectivity index (χ4v) is 1.68. The molecular weight excluding hydrogens is 248 g/mol. The quantitative estimate of drug-likeness (QED) is 0.650. The predicted octanol–water partition coefficient (Wildman–Crippen LogP) is 1.84. The zero-order valence-electron chi connectivity index (χ0n) is 10.5. The maximum absolute atomic E-state index is 10.8. The first-order chi connectivity index (χ1) is 9.11. The summed E-state index contributed by atoms with van der Waals surface area (Å²) in [5.41, 5.74) is 6.88. The molecule has 0 saturated carbocycles. The molecule has 0 aliphatic carbocycles. The molecule has 2 rings (SSSR count). The summed E-state index contributed by atoms with van der Waals surface area (Å²) < 4.78 is 5.09. The maximum Gasteiger partial charge on any atom is 0.270 e. The van der Waals surface area contributed by atoms with Gasteiger partial charge in [0.1, 0.15) is 0 Å². The molecule has 0 bridgehead atoms. The average molecular weight is 262 g/mol. The van der Waals surface area contributed by atoms with Crippen LogP contribution in [0.25, 0.3) is 11.4 Å². The largest absolute Gasteiger partial charge is 0.339 e. The van der Waals surface area contributed by atoms with Crippen LogP contribution in [0.2, 0.25) is 0 Å². The van der Waals surface area contributed by atoms with E-state index in [-0.39, 0.29) is 5.69 Å². The average Bonchev–Trinajstić information content (AvgIpc) is 2.85. The van der Waals surface area contributed by atoms with Crippen LogP contribution in [0.15, 0.2) is 22.7 Å². The molecule has 7 nitrogen and oxygen atoms in total. The Labute approximate surface area is 109 Å². The second-order valence-corrected chi connectivity index (χ2v) is 4.16. The summed E-state index contributed by atoms with van der Waals surface area (Å²) in [5.74, 6) is 0.861. The van der Waals surface area contributed by atoms with Crippen molar-refractivity contribution < 1.29 is 9.45 Å². The molecule has 0 unspecified atom stereocenters. The van der Waals surface area contributed by atoms with E-state index in [1.165, 1.54) is 12.1 Å². The van der Waals surface area contributed by atoms with Crippen molar-refractivity contribution in [1.82, 2.24) is 10.1 Å². The number of aryl methyl sites for hydroxylation is 2. The Bertz CT molecular complexity index is 594. The van der Waals surface area contributed by atoms with Gasteiger partial charge in [-0.15, -0.1) is 0 Å². The van der Waals surface area contributed by atoms with Crippen LogP contribution in [0.3, 0.4) is 0 Å². The monoisotopic (exact) mass is 262 g/mol. The summed E-state index contributed by atoms with van der Waals surface area (Å²) in [6.45, 7) is 2.39. The second-order valence-electron chi connectivity index (χ2n) is 4.16. The van der Waals surface area contributed by atoms with Crippen LogP contribution in [0.5, 0.6) is 0 Å². The normalized spacial score (nSPS) is 10.6. The van der Waals surface area contributed by atoms with Crippen LogP contribution in [0.1, 0.15) is 17.9 Å². The fraction of sp³-hybridized carbons (Fsp3) is 0.333. The summed E-state index contributed by atoms with van der Waals surface area (Å²) in [4.78, 5) is 14.5. The first-order valence-electron chi connectivity index (χ1n) is 5.90. The zero-order valence-corrected chi connectivity index (χ0v) is 10.5. The number of aromatic nitrogens is 2. The lowest BCUT2D eigenvalue weighted by atomic mass is 10.1. The number of nitro groups is 1. The van der Waals surface area contributed by atoms with Crippen molar-refractivity contribution in [1.29, 1.82) is 0 Å². The minimum atomic E-state index is -0.446. The van der Waals surface area contributed by atoms with Gasteiger partial charge in [0.15, 0.2) is 0 Å². The molecule has 0 spiro atoms. The number of non-ortho nitro benzene ring substituents is 1. The number of nitrogens with two attached hydrogens (primary N) is 1. The Morgan fingerprint density at radius 2 is 2.26 bits per heavy atom. The van der Waals surface area contributed by atoms with Gasteiger partial charge in [0.05, 0.1) is 4.92 Å². The van der Waals surface area contributed by atoms with Crippen molar-refractivity contribution in [2.45, 2.75) is 19.8 Å². The van der Waals surface area contributed by atoms with Crippen LogP contribution in [0, 0.1) is 17.0 Å². The van der Waals surface area contributed by atoms with E-state index in [9.17, 15) is 10.1 Å². The molecule has 100 valence electrons. The molecule has 0 atom stereocenters. The smallest absolute Gasteiger partial charge is 0.270 e. The third kappa shape index (κ3) is 2.94. The molecule has 1 aromatic heterocycles. The highest BCUT2D eigenvalue weighted by atomic mass is 16.6. The number of hydrogen-bond acceptors (Lipinski definition) is 6. The number of hydrogen-bond donors (Lipinski definition) is 1. The number of benzene rings is 1. The van der Waals surface area contributed by atoms with E-state index in [0.29, 0.717) is 30.2 Å². The van der Waals surface area contributed by atoms with E-state index in [2.05, 4.69) is 10.1 Å². The SMILES string of the molecule is Cc1ccc([N+](=O)[O-])cc1-c1noc(CCCN)n1. The number of nitro benzene ring substituents is 1. The van der Waals surface area contributed by atoms with E-state index in [0.717, 1.165) is 12.0 Å². The van der Waals surface area contributed by atoms with Gasteiger partial charge in [0.25, 0.3) is 5.69 Å². The number of rotatable bonds is 5. The van der Waals surface area contributed by atoms with Gasteiger partial charge in [0, 0.05) is 24.1 Å². The first kappa shape index (κ1) is 13.2. The lowest BCUT2D eigenvalue weighted by Gasteiger charge is -2.00. The Hall–Kier alpha value is -2.28. The molecule has 7 heteroatoms. The third-order valence-electron chi connectivity index (χ3n) is 2.74. The number of nitrogens with zero attached hydrogens (tertiary/aromatic N) is 3. The van der Waals surface area contributed by atoms with Crippen molar-refractivity contribution in [3.63, 3.8) is 0 Å². The Morgan fingerprint density at radius 3 is 2.95 bits per heavy atom. The van der Waals surface area contributed by atoms with Gasteiger partial charge in [0.2, 0.25) is 11.7 Å². The molecule has 2 aromatic rings. The third-order valence-corrected chi connectivity index (χ3v) is 2.74. The van der Waals surface area contributed by atoms with Crippen molar-refractivity contribution in [3.05, 3.63) is 39.8 Å². The highest BCUT2D eigenvalue weighted by Crippen LogP contribution is 2.25. The fourth-order valence-electron chi connectivity index (χ4n) is 1.68. The molecule has 19 heavy (non-hydrogen) atoms. The zero-order chi connectivity index (χ0) is 13.8. The van der Waals surface area contributed by atoms with E-state index in [4.69, 9.17) is 10.3 Å². The van der Waals surface area contributed by atoms with Crippen molar-refractivity contribution in [3.8, 4) is 11.4 Å². The molecule has 0 aliphatic heterocycles. The summed E-state index contributed by atoms with van der Waals surface area (Å²) in [7, 11) is 0. The molecule has 0 fully saturated rings. The maximum atomic E-state index is 10.8. The minimum Gasteiger partial charge on any atom is -0.339 e. The van der Waals surface area contributed by atoms with Gasteiger partial charge < -0.3 is 10.3 Å². The summed E-state index contributed by atoms with van der Waals surface area (Å²) in [6.07, 6.45) is 1.37. The highest BCUT2D eigenvalue weighted by Gasteiger charge is 2.15. The van der Waals surface area contributed by atoms with Gasteiger partial charge in [-0.1, -0.05) is 11.2 Å². The highest BCUT2D eigenvalue weighted by molar-refractivity contribution is 5.63. The van der Waals surface area contributed by atoms with Crippen LogP contribution in [-0.2, 0) is 6.42 Å². The standard InChI is InChI=1S/C12H14N4O3/c1-8-4-5-9(16(17)18)7-10(8)12-14-11(19-15-12)3-2-6-13/h4-5,7H,2-3,6,13H2,1H3. The molecular formula is C12H14N4O3. The molecule has 2 N–H and O–H groups in total. The topological polar surface area (TPSA) is 108 Å². The molecule has 0 amide bonds. The van der Waals surface area contributed by atoms with E-state index in [1.54, 1.807) is 6.07 Å². The van der Waals surface area contributed by atoms with Crippen molar-refractivity contribution >= 4 is 5.69 Å². The van der Waals surface area contributed by atoms with E-state index in [1.807, 2.05) is 6.92 Å². The first-order valence-corrected chi connectivity index (χ1v) is 5.90. The molecule has 0 radical (unpaired) electrons. The minimum absolute atomic E-state index is 0.00825. The second kappa shape index (κ2) is 5.57. The van der Waals surface area contributed by atoms with Gasteiger partial charge >= 0.3 is 0 Å². The van der Waals surface area contributed by atoms with Gasteiger partial charge in [-0.2, -0.15) is 4.98 Å². The lowest BCUT2D eigenvalue weighted by Crippen LogP contribution is -2.00. The lowest BCUT2D eigenvalue weighted by molar-refractivity contribution is -0.384. The Kier molecular flexibility index (Phi) is 3.86. The predicted molar refractivity (Wildman–Crippen MR) is 68.5 cm³/mol. The van der Waals surface area contributed by atoms with Crippen molar-refractivity contribution in [2.24, 2.45) is 5.73 Å². The van der Waals surface area contributed by atoms with Gasteiger partial charge in [-0.3, -0.25) is 10.1 Å². The van der Waals surface area contributed by atoms with Crippen LogP contribution < -0.4 is 5.73 Å². The Balaban J connectivity index is 2.32. The van der Waals surface area contributed by atoms with E-state index >= 15 is 0 Å². The summed E-state index contributed by atoms with van der Waals surface area (Å²) in [5, 5.41) is 14.6. The van der Waals surface area contributed by atoms with Gasteiger partial charge in [-0.25, -0.2) is 0 Å². The molecule has 0 aliphatic rings. The summed E-state index contributed by atoms with van der Waals surface area (Å²) in [6, 6.07) is 4.57. The molecule has 1 heterocycles. The van der Waals surface area contributed by atoms with Crippen LogP contribution in [0.4, 0.5) is 5.69 Å². The molecule has 1 aromatic carbocycles. The molecule has 0 saturated heterocycles. The van der Waals surface area contributed by atoms with Crippen molar-refractivity contribution in [2.75, 3.05) is 6.54 Å². The Morgan fingerprint density at radius 1 is 1.47 bits per heavy atom. The van der Waals surface area contributed by atoms with E-state index < -0.39 is 4.92 Å².